The largest absolute Gasteiger partial charge is 0.370 e. The van der Waals surface area contributed by atoms with Crippen LogP contribution in [0.5, 0.6) is 0 Å². The molecule has 1 aromatic rings. The lowest BCUT2D eigenvalue weighted by molar-refractivity contribution is 0.0930. The Hall–Kier alpha value is -1.29. The van der Waals surface area contributed by atoms with Crippen molar-refractivity contribution in [3.63, 3.8) is 0 Å². The standard InChI is InChI=1S/C14H20ClN3O/c1-3-16-13-7-10(11(15)8-17-13)14(19)18-12-6-4-5-9(12)2/h7-9,12H,3-6H2,1-2H3,(H,16,17)(H,18,19). The van der Waals surface area contributed by atoms with E-state index in [0.717, 1.165) is 13.0 Å². The monoisotopic (exact) mass is 281 g/mol. The molecular weight excluding hydrogens is 262 g/mol. The second-order valence-electron chi connectivity index (χ2n) is 5.07. The van der Waals surface area contributed by atoms with Gasteiger partial charge in [-0.1, -0.05) is 24.9 Å². The molecule has 1 amide bonds. The third kappa shape index (κ3) is 3.38. The summed E-state index contributed by atoms with van der Waals surface area (Å²) in [6.45, 7) is 4.92. The average Bonchev–Trinajstić information content (AvgIpc) is 2.77. The zero-order valence-corrected chi connectivity index (χ0v) is 12.1. The van der Waals surface area contributed by atoms with Crippen molar-refractivity contribution in [2.24, 2.45) is 5.92 Å². The molecular formula is C14H20ClN3O. The molecule has 0 aliphatic heterocycles. The Balaban J connectivity index is 2.11. The van der Waals surface area contributed by atoms with E-state index in [4.69, 9.17) is 11.6 Å². The number of carbonyl (C=O) groups is 1. The molecule has 2 N–H and O–H groups in total. The van der Waals surface area contributed by atoms with E-state index in [2.05, 4.69) is 22.5 Å². The van der Waals surface area contributed by atoms with E-state index in [-0.39, 0.29) is 11.9 Å². The van der Waals surface area contributed by atoms with E-state index in [1.165, 1.54) is 19.0 Å². The van der Waals surface area contributed by atoms with Crippen LogP contribution in [-0.2, 0) is 0 Å². The summed E-state index contributed by atoms with van der Waals surface area (Å²) < 4.78 is 0. The second-order valence-corrected chi connectivity index (χ2v) is 5.48. The van der Waals surface area contributed by atoms with Crippen LogP contribution in [0.15, 0.2) is 12.3 Å². The van der Waals surface area contributed by atoms with Crippen molar-refractivity contribution in [2.75, 3.05) is 11.9 Å². The molecule has 0 radical (unpaired) electrons. The fraction of sp³-hybridized carbons (Fsp3) is 0.571. The number of aromatic nitrogens is 1. The molecule has 0 aromatic carbocycles. The molecule has 2 rings (SSSR count). The minimum absolute atomic E-state index is 0.106. The van der Waals surface area contributed by atoms with Gasteiger partial charge in [0.2, 0.25) is 0 Å². The molecule has 1 saturated carbocycles. The number of anilines is 1. The Kier molecular flexibility index (Phi) is 4.64. The second kappa shape index (κ2) is 6.24. The van der Waals surface area contributed by atoms with Crippen molar-refractivity contribution >= 4 is 23.3 Å². The number of amides is 1. The highest BCUT2D eigenvalue weighted by molar-refractivity contribution is 6.33. The van der Waals surface area contributed by atoms with Crippen molar-refractivity contribution in [3.8, 4) is 0 Å². The Labute approximate surface area is 118 Å². The van der Waals surface area contributed by atoms with Crippen LogP contribution < -0.4 is 10.6 Å². The summed E-state index contributed by atoms with van der Waals surface area (Å²) >= 11 is 6.06. The quantitative estimate of drug-likeness (QED) is 0.892. The van der Waals surface area contributed by atoms with Gasteiger partial charge in [0.15, 0.2) is 0 Å². The predicted octanol–water partition coefficient (Wildman–Crippen LogP) is 3.09. The van der Waals surface area contributed by atoms with Crippen LogP contribution in [0.25, 0.3) is 0 Å². The molecule has 1 heterocycles. The fourth-order valence-electron chi connectivity index (χ4n) is 2.50. The van der Waals surface area contributed by atoms with Gasteiger partial charge in [0.05, 0.1) is 10.6 Å². The highest BCUT2D eigenvalue weighted by Crippen LogP contribution is 2.26. The summed E-state index contributed by atoms with van der Waals surface area (Å²) in [7, 11) is 0. The first kappa shape index (κ1) is 14.1. The van der Waals surface area contributed by atoms with Gasteiger partial charge >= 0.3 is 0 Å². The van der Waals surface area contributed by atoms with Crippen molar-refractivity contribution < 1.29 is 4.79 Å². The minimum atomic E-state index is -0.106. The molecule has 19 heavy (non-hydrogen) atoms. The van der Waals surface area contributed by atoms with Crippen molar-refractivity contribution in [1.29, 1.82) is 0 Å². The Bertz CT molecular complexity index is 464. The maximum absolute atomic E-state index is 12.3. The highest BCUT2D eigenvalue weighted by atomic mass is 35.5. The van der Waals surface area contributed by atoms with Gasteiger partial charge in [-0.25, -0.2) is 4.98 Å². The number of rotatable bonds is 4. The lowest BCUT2D eigenvalue weighted by atomic mass is 10.1. The molecule has 0 saturated heterocycles. The lowest BCUT2D eigenvalue weighted by Gasteiger charge is -2.18. The first-order valence-electron chi connectivity index (χ1n) is 6.82. The smallest absolute Gasteiger partial charge is 0.253 e. The molecule has 104 valence electrons. The van der Waals surface area contributed by atoms with Crippen LogP contribution in [0.3, 0.4) is 0 Å². The molecule has 2 unspecified atom stereocenters. The number of nitrogens with zero attached hydrogens (tertiary/aromatic N) is 1. The zero-order chi connectivity index (χ0) is 13.8. The van der Waals surface area contributed by atoms with Gasteiger partial charge in [-0.15, -0.1) is 0 Å². The third-order valence-corrected chi connectivity index (χ3v) is 3.94. The van der Waals surface area contributed by atoms with Crippen LogP contribution >= 0.6 is 11.6 Å². The van der Waals surface area contributed by atoms with Gasteiger partial charge in [-0.3, -0.25) is 4.79 Å². The summed E-state index contributed by atoms with van der Waals surface area (Å²) in [5.74, 6) is 1.11. The summed E-state index contributed by atoms with van der Waals surface area (Å²) in [6, 6.07) is 1.97. The van der Waals surface area contributed by atoms with Crippen LogP contribution in [-0.4, -0.2) is 23.5 Å². The third-order valence-electron chi connectivity index (χ3n) is 3.64. The summed E-state index contributed by atoms with van der Waals surface area (Å²) in [5, 5.41) is 6.55. The summed E-state index contributed by atoms with van der Waals surface area (Å²) in [6.07, 6.45) is 4.93. The van der Waals surface area contributed by atoms with E-state index >= 15 is 0 Å². The van der Waals surface area contributed by atoms with E-state index in [1.54, 1.807) is 6.07 Å². The molecule has 2 atom stereocenters. The van der Waals surface area contributed by atoms with Crippen LogP contribution in [0, 0.1) is 5.92 Å². The molecule has 5 heteroatoms. The molecule has 1 aliphatic carbocycles. The van der Waals surface area contributed by atoms with E-state index in [1.807, 2.05) is 6.92 Å². The minimum Gasteiger partial charge on any atom is -0.370 e. The summed E-state index contributed by atoms with van der Waals surface area (Å²) in [5.41, 5.74) is 0.492. The number of pyridine rings is 1. The predicted molar refractivity (Wildman–Crippen MR) is 77.7 cm³/mol. The number of nitrogens with one attached hydrogen (secondary N) is 2. The average molecular weight is 282 g/mol. The van der Waals surface area contributed by atoms with Crippen LogP contribution in [0.4, 0.5) is 5.82 Å². The van der Waals surface area contributed by atoms with E-state index in [0.29, 0.717) is 22.3 Å². The van der Waals surface area contributed by atoms with Crippen LogP contribution in [0.1, 0.15) is 43.5 Å². The Morgan fingerprint density at radius 1 is 1.53 bits per heavy atom. The normalized spacial score (nSPS) is 22.3. The Morgan fingerprint density at radius 2 is 2.32 bits per heavy atom. The SMILES string of the molecule is CCNc1cc(C(=O)NC2CCCC2C)c(Cl)cn1. The zero-order valence-electron chi connectivity index (χ0n) is 11.4. The fourth-order valence-corrected chi connectivity index (χ4v) is 2.69. The molecule has 1 aliphatic rings. The van der Waals surface area contributed by atoms with Gasteiger partial charge in [-0.05, 0) is 31.7 Å². The Morgan fingerprint density at radius 3 is 2.95 bits per heavy atom. The number of hydrogen-bond donors (Lipinski definition) is 2. The topological polar surface area (TPSA) is 54.0 Å². The lowest BCUT2D eigenvalue weighted by Crippen LogP contribution is -2.36. The van der Waals surface area contributed by atoms with E-state index in [9.17, 15) is 4.79 Å². The molecule has 1 fully saturated rings. The van der Waals surface area contributed by atoms with Crippen molar-refractivity contribution in [3.05, 3.63) is 22.8 Å². The summed E-state index contributed by atoms with van der Waals surface area (Å²) in [4.78, 5) is 16.4. The molecule has 4 nitrogen and oxygen atoms in total. The number of carbonyl (C=O) groups excluding carboxylic acids is 1. The van der Waals surface area contributed by atoms with Gasteiger partial charge in [0, 0.05) is 18.8 Å². The van der Waals surface area contributed by atoms with Gasteiger partial charge in [0.25, 0.3) is 5.91 Å². The first-order chi connectivity index (χ1) is 9.11. The van der Waals surface area contributed by atoms with Gasteiger partial charge in [0.1, 0.15) is 5.82 Å². The van der Waals surface area contributed by atoms with Gasteiger partial charge in [-0.2, -0.15) is 0 Å². The number of halogens is 1. The first-order valence-corrected chi connectivity index (χ1v) is 7.20. The molecule has 0 spiro atoms. The van der Waals surface area contributed by atoms with Crippen molar-refractivity contribution in [2.45, 2.75) is 39.2 Å². The maximum Gasteiger partial charge on any atom is 0.253 e. The van der Waals surface area contributed by atoms with Gasteiger partial charge < -0.3 is 10.6 Å². The van der Waals surface area contributed by atoms with Crippen LogP contribution in [0.2, 0.25) is 5.02 Å². The number of hydrogen-bond acceptors (Lipinski definition) is 3. The molecule has 0 bridgehead atoms. The highest BCUT2D eigenvalue weighted by Gasteiger charge is 2.25. The molecule has 1 aromatic heterocycles. The van der Waals surface area contributed by atoms with E-state index < -0.39 is 0 Å². The maximum atomic E-state index is 12.3. The van der Waals surface area contributed by atoms with Crippen molar-refractivity contribution in [1.82, 2.24) is 10.3 Å².